The van der Waals surface area contributed by atoms with Gasteiger partial charge in [0.25, 0.3) is 5.69 Å². The lowest BCUT2D eigenvalue weighted by Crippen LogP contribution is -2.15. The van der Waals surface area contributed by atoms with Crippen molar-refractivity contribution in [3.05, 3.63) is 70.8 Å². The van der Waals surface area contributed by atoms with Crippen LogP contribution in [0.15, 0.2) is 69.3 Å². The molecule has 2 amide bonds. The quantitative estimate of drug-likeness (QED) is 0.0952. The van der Waals surface area contributed by atoms with Crippen LogP contribution in [0, 0.1) is 10.1 Å². The smallest absolute Gasteiger partial charge is 0.292 e. The molecular weight excluding hydrogens is 591 g/mol. The molecule has 2 aromatic heterocycles. The molecule has 0 saturated carbocycles. The Morgan fingerprint density at radius 3 is 2.20 bits per heavy atom. The molecule has 0 aliphatic carbocycles. The number of fused-ring (bicyclic) bond motifs is 2. The number of hydrogen-bond acceptors (Lipinski definition) is 11. The summed E-state index contributed by atoms with van der Waals surface area (Å²) in [6, 6.07) is 17.2. The van der Waals surface area contributed by atoms with E-state index >= 15 is 0 Å². The van der Waals surface area contributed by atoms with E-state index in [9.17, 15) is 19.7 Å². The van der Waals surface area contributed by atoms with Gasteiger partial charge in [0, 0.05) is 11.8 Å². The summed E-state index contributed by atoms with van der Waals surface area (Å²) in [4.78, 5) is 44.7. The highest BCUT2D eigenvalue weighted by Crippen LogP contribution is 2.33. The van der Waals surface area contributed by atoms with Gasteiger partial charge in [-0.1, -0.05) is 35.7 Å². The van der Waals surface area contributed by atoms with Crippen LogP contribution in [-0.4, -0.2) is 44.8 Å². The predicted octanol–water partition coefficient (Wildman–Crippen LogP) is 6.67. The predicted molar refractivity (Wildman–Crippen MR) is 162 cm³/mol. The first-order valence-corrected chi connectivity index (χ1v) is 15.5. The van der Waals surface area contributed by atoms with Gasteiger partial charge in [0.1, 0.15) is 11.4 Å². The van der Waals surface area contributed by atoms with Crippen LogP contribution in [0.25, 0.3) is 20.4 Å². The second-order valence-electron chi connectivity index (χ2n) is 8.15. The zero-order valence-corrected chi connectivity index (χ0v) is 24.2. The average molecular weight is 612 g/mol. The van der Waals surface area contributed by atoms with Crippen LogP contribution in [0.3, 0.4) is 0 Å². The number of thiazole rings is 2. The Kier molecular flexibility index (Phi) is 8.79. The summed E-state index contributed by atoms with van der Waals surface area (Å²) in [5.74, 6) is 0.547. The number of ether oxygens (including phenoxy) is 1. The zero-order valence-electron chi connectivity index (χ0n) is 20.9. The molecule has 5 rings (SSSR count). The van der Waals surface area contributed by atoms with Crippen molar-refractivity contribution in [1.82, 2.24) is 9.97 Å². The van der Waals surface area contributed by atoms with Gasteiger partial charge in [-0.05, 0) is 49.4 Å². The third-order valence-electron chi connectivity index (χ3n) is 5.33. The summed E-state index contributed by atoms with van der Waals surface area (Å²) < 4.78 is 8.90. The van der Waals surface area contributed by atoms with Gasteiger partial charge in [0.05, 0.1) is 43.5 Å². The van der Waals surface area contributed by atoms with Crippen molar-refractivity contribution in [2.75, 3.05) is 28.7 Å². The Balaban J connectivity index is 1.15. The normalized spacial score (nSPS) is 11.0. The molecule has 0 unspecified atom stereocenters. The maximum Gasteiger partial charge on any atom is 0.292 e. The van der Waals surface area contributed by atoms with Crippen LogP contribution in [0.2, 0.25) is 0 Å². The molecule has 0 saturated heterocycles. The van der Waals surface area contributed by atoms with Crippen LogP contribution in [0.4, 0.5) is 17.1 Å². The van der Waals surface area contributed by atoms with E-state index in [-0.39, 0.29) is 34.7 Å². The van der Waals surface area contributed by atoms with Gasteiger partial charge in [-0.15, -0.1) is 22.7 Å². The average Bonchev–Trinajstić information content (AvgIpc) is 3.54. The fraction of sp³-hybridized carbons (Fsp3) is 0.154. The fourth-order valence-corrected chi connectivity index (χ4v) is 7.43. The number of benzene rings is 3. The molecule has 5 aromatic rings. The lowest BCUT2D eigenvalue weighted by Gasteiger charge is -2.04. The summed E-state index contributed by atoms with van der Waals surface area (Å²) >= 11 is 5.54. The Hall–Kier alpha value is -3.72. The molecule has 2 N–H and O–H groups in total. The van der Waals surface area contributed by atoms with Gasteiger partial charge in [-0.2, -0.15) is 0 Å². The summed E-state index contributed by atoms with van der Waals surface area (Å²) in [6.45, 7) is 2.54. The first-order valence-electron chi connectivity index (χ1n) is 11.9. The number of anilines is 2. The zero-order chi connectivity index (χ0) is 28.1. The molecule has 204 valence electrons. The van der Waals surface area contributed by atoms with E-state index in [1.54, 1.807) is 18.2 Å². The largest absolute Gasteiger partial charge is 0.494 e. The number of aromatic nitrogens is 2. The van der Waals surface area contributed by atoms with Crippen LogP contribution in [-0.2, 0) is 9.59 Å². The summed E-state index contributed by atoms with van der Waals surface area (Å²) in [6.07, 6.45) is 0. The third-order valence-corrected chi connectivity index (χ3v) is 9.65. The summed E-state index contributed by atoms with van der Waals surface area (Å²) in [5.41, 5.74) is 2.27. The number of nitrogens with one attached hydrogen (secondary N) is 2. The molecule has 40 heavy (non-hydrogen) atoms. The number of thioether (sulfide) groups is 2. The van der Waals surface area contributed by atoms with Gasteiger partial charge in [0.2, 0.25) is 11.8 Å². The van der Waals surface area contributed by atoms with Crippen LogP contribution in [0.1, 0.15) is 6.92 Å². The van der Waals surface area contributed by atoms with Crippen molar-refractivity contribution in [2.24, 2.45) is 0 Å². The minimum absolute atomic E-state index is 0.0470. The Bertz CT molecular complexity index is 1720. The lowest BCUT2D eigenvalue weighted by atomic mass is 10.2. The number of carbonyl (C=O) groups excluding carboxylic acids is 2. The first-order chi connectivity index (χ1) is 19.4. The van der Waals surface area contributed by atoms with Crippen molar-refractivity contribution >= 4 is 95.5 Å². The molecular formula is C26H21N5O5S4. The number of carbonyl (C=O) groups is 2. The number of amides is 2. The summed E-state index contributed by atoms with van der Waals surface area (Å²) in [7, 11) is 0. The van der Waals surface area contributed by atoms with Crippen LogP contribution in [0.5, 0.6) is 5.75 Å². The van der Waals surface area contributed by atoms with E-state index in [1.165, 1.54) is 58.3 Å². The highest BCUT2D eigenvalue weighted by atomic mass is 32.2. The molecule has 14 heteroatoms. The van der Waals surface area contributed by atoms with Gasteiger partial charge in [0.15, 0.2) is 8.68 Å². The summed E-state index contributed by atoms with van der Waals surface area (Å²) in [5, 5.41) is 16.6. The number of nitro benzene ring substituents is 1. The monoisotopic (exact) mass is 611 g/mol. The minimum atomic E-state index is -0.537. The molecule has 0 bridgehead atoms. The minimum Gasteiger partial charge on any atom is -0.494 e. The van der Waals surface area contributed by atoms with Gasteiger partial charge in [-0.3, -0.25) is 19.7 Å². The van der Waals surface area contributed by atoms with Crippen LogP contribution < -0.4 is 15.4 Å². The van der Waals surface area contributed by atoms with E-state index in [2.05, 4.69) is 20.6 Å². The van der Waals surface area contributed by atoms with Gasteiger partial charge >= 0.3 is 0 Å². The highest BCUT2D eigenvalue weighted by molar-refractivity contribution is 8.02. The van der Waals surface area contributed by atoms with E-state index in [4.69, 9.17) is 4.74 Å². The SMILES string of the molecule is CCOc1ccc2nc(SCC(=O)Nc3ccc4nc(SCC(=O)Nc5ccccc5[N+](=O)[O-])sc4c3)sc2c1. The van der Waals surface area contributed by atoms with Gasteiger partial charge < -0.3 is 15.4 Å². The number of nitro groups is 1. The molecule has 2 heterocycles. The first kappa shape index (κ1) is 27.8. The third kappa shape index (κ3) is 6.88. The maximum absolute atomic E-state index is 12.6. The Morgan fingerprint density at radius 1 is 0.900 bits per heavy atom. The van der Waals surface area contributed by atoms with Crippen molar-refractivity contribution < 1.29 is 19.2 Å². The second-order valence-corrected chi connectivity index (χ2v) is 12.7. The maximum atomic E-state index is 12.6. The molecule has 10 nitrogen and oxygen atoms in total. The molecule has 0 fully saturated rings. The Labute approximate surface area is 244 Å². The van der Waals surface area contributed by atoms with E-state index in [0.717, 1.165) is 30.5 Å². The highest BCUT2D eigenvalue weighted by Gasteiger charge is 2.16. The van der Waals surface area contributed by atoms with Crippen molar-refractivity contribution in [3.8, 4) is 5.75 Å². The van der Waals surface area contributed by atoms with Gasteiger partial charge in [-0.25, -0.2) is 9.97 Å². The number of nitrogens with zero attached hydrogens (tertiary/aromatic N) is 3. The molecule has 0 spiro atoms. The topological polar surface area (TPSA) is 136 Å². The second kappa shape index (κ2) is 12.6. The molecule has 0 aliphatic heterocycles. The van der Waals surface area contributed by atoms with E-state index < -0.39 is 4.92 Å². The number of hydrogen-bond donors (Lipinski definition) is 2. The van der Waals surface area contributed by atoms with E-state index in [1.807, 2.05) is 37.3 Å². The number of para-hydroxylation sites is 2. The molecule has 0 radical (unpaired) electrons. The van der Waals surface area contributed by atoms with Crippen LogP contribution >= 0.6 is 46.2 Å². The number of rotatable bonds is 11. The molecule has 3 aromatic carbocycles. The Morgan fingerprint density at radius 2 is 1.52 bits per heavy atom. The lowest BCUT2D eigenvalue weighted by molar-refractivity contribution is -0.383. The molecule has 0 aliphatic rings. The molecule has 0 atom stereocenters. The standard InChI is InChI=1S/C26H21N5O5S4/c1-2-36-16-8-10-19-22(12-16)40-26(30-19)37-13-23(32)27-15-7-9-18-21(11-15)39-25(29-18)38-14-24(33)28-17-5-3-4-6-20(17)31(34)35/h3-12H,2,13-14H2,1H3,(H,27,32)(H,28,33). The fourth-order valence-electron chi connectivity index (χ4n) is 3.62. The van der Waals surface area contributed by atoms with Crippen molar-refractivity contribution in [3.63, 3.8) is 0 Å². The van der Waals surface area contributed by atoms with Crippen molar-refractivity contribution in [2.45, 2.75) is 15.6 Å². The van der Waals surface area contributed by atoms with E-state index in [0.29, 0.717) is 16.6 Å². The van der Waals surface area contributed by atoms with Crippen molar-refractivity contribution in [1.29, 1.82) is 0 Å².